The summed E-state index contributed by atoms with van der Waals surface area (Å²) in [7, 11) is 0. The van der Waals surface area contributed by atoms with E-state index in [1.165, 1.54) is 12.1 Å². The zero-order chi connectivity index (χ0) is 13.8. The smallest absolute Gasteiger partial charge is 0.255 e. The Labute approximate surface area is 114 Å². The zero-order valence-electron chi connectivity index (χ0n) is 9.98. The van der Waals surface area contributed by atoms with Crippen LogP contribution in [0, 0.1) is 0 Å². The lowest BCUT2D eigenvalue weighted by molar-refractivity contribution is 0.0651. The van der Waals surface area contributed by atoms with Gasteiger partial charge in [0.05, 0.1) is 24.3 Å². The molecular formula is C12H16BrNO4. The van der Waals surface area contributed by atoms with Gasteiger partial charge in [-0.15, -0.1) is 0 Å². The fourth-order valence-corrected chi connectivity index (χ4v) is 1.80. The molecule has 1 rings (SSSR count). The first-order chi connectivity index (χ1) is 8.48. The average molecular weight is 318 g/mol. The minimum absolute atomic E-state index is 0.0871. The van der Waals surface area contributed by atoms with Crippen molar-refractivity contribution in [3.05, 3.63) is 28.2 Å². The third-order valence-corrected chi connectivity index (χ3v) is 3.36. The predicted octanol–water partition coefficient (Wildman–Crippen LogP) is 1.02. The quantitative estimate of drug-likeness (QED) is 0.652. The molecule has 0 heterocycles. The number of aliphatic hydroxyl groups is 2. The first-order valence-electron chi connectivity index (χ1n) is 5.50. The van der Waals surface area contributed by atoms with Gasteiger partial charge in [-0.25, -0.2) is 0 Å². The summed E-state index contributed by atoms with van der Waals surface area (Å²) in [5, 5.41) is 30.7. The molecule has 0 radical (unpaired) electrons. The molecule has 6 heteroatoms. The molecule has 1 amide bonds. The average Bonchev–Trinajstić information content (AvgIpc) is 2.38. The molecule has 0 aliphatic carbocycles. The van der Waals surface area contributed by atoms with Crippen LogP contribution >= 0.6 is 15.9 Å². The van der Waals surface area contributed by atoms with Crippen LogP contribution in [0.15, 0.2) is 22.7 Å². The molecule has 0 spiro atoms. The van der Waals surface area contributed by atoms with Crippen LogP contribution in [0.2, 0.25) is 0 Å². The van der Waals surface area contributed by atoms with E-state index in [0.717, 1.165) is 0 Å². The van der Waals surface area contributed by atoms with Gasteiger partial charge in [0.2, 0.25) is 0 Å². The van der Waals surface area contributed by atoms with Crippen molar-refractivity contribution >= 4 is 21.8 Å². The summed E-state index contributed by atoms with van der Waals surface area (Å²) in [6.45, 7) is 0.995. The molecule has 0 saturated carbocycles. The number of hydrogen-bond acceptors (Lipinski definition) is 4. The molecule has 0 fully saturated rings. The van der Waals surface area contributed by atoms with E-state index in [-0.39, 0.29) is 24.5 Å². The largest absolute Gasteiger partial charge is 0.507 e. The van der Waals surface area contributed by atoms with Gasteiger partial charge in [0.25, 0.3) is 5.91 Å². The van der Waals surface area contributed by atoms with E-state index in [1.54, 1.807) is 13.0 Å². The van der Waals surface area contributed by atoms with Crippen molar-refractivity contribution in [3.63, 3.8) is 0 Å². The highest BCUT2D eigenvalue weighted by Crippen LogP contribution is 2.22. The molecule has 0 atom stereocenters. The van der Waals surface area contributed by atoms with Crippen LogP contribution in [-0.2, 0) is 0 Å². The number of aromatic hydroxyl groups is 1. The van der Waals surface area contributed by atoms with Gasteiger partial charge in [0.1, 0.15) is 5.75 Å². The van der Waals surface area contributed by atoms with Crippen LogP contribution in [0.25, 0.3) is 0 Å². The van der Waals surface area contributed by atoms with Crippen molar-refractivity contribution in [2.45, 2.75) is 18.9 Å². The maximum atomic E-state index is 12.0. The third-order valence-electron chi connectivity index (χ3n) is 2.86. The Hall–Kier alpha value is -1.11. The topological polar surface area (TPSA) is 89.8 Å². The van der Waals surface area contributed by atoms with E-state index in [2.05, 4.69) is 21.2 Å². The normalized spacial score (nSPS) is 11.3. The second-order valence-electron chi connectivity index (χ2n) is 4.07. The SMILES string of the molecule is CCC(CO)(CO)NC(=O)c1cc(Br)ccc1O. The van der Waals surface area contributed by atoms with Crippen LogP contribution in [-0.4, -0.2) is 40.0 Å². The monoisotopic (exact) mass is 317 g/mol. The molecule has 0 aliphatic rings. The van der Waals surface area contributed by atoms with E-state index >= 15 is 0 Å². The summed E-state index contributed by atoms with van der Waals surface area (Å²) in [5.74, 6) is -0.699. The number of amides is 1. The van der Waals surface area contributed by atoms with E-state index in [1.807, 2.05) is 0 Å². The number of nitrogens with one attached hydrogen (secondary N) is 1. The molecule has 1 aromatic rings. The maximum Gasteiger partial charge on any atom is 0.255 e. The molecule has 5 nitrogen and oxygen atoms in total. The molecule has 1 aromatic carbocycles. The molecule has 100 valence electrons. The Bertz CT molecular complexity index is 424. The molecule has 18 heavy (non-hydrogen) atoms. The van der Waals surface area contributed by atoms with Gasteiger partial charge in [0, 0.05) is 4.47 Å². The fourth-order valence-electron chi connectivity index (χ4n) is 1.44. The number of halogens is 1. The third kappa shape index (κ3) is 3.22. The number of carbonyl (C=O) groups is 1. The minimum Gasteiger partial charge on any atom is -0.507 e. The first kappa shape index (κ1) is 14.9. The van der Waals surface area contributed by atoms with Crippen LogP contribution in [0.5, 0.6) is 5.75 Å². The number of phenols is 1. The summed E-state index contributed by atoms with van der Waals surface area (Å²) >= 11 is 3.21. The van der Waals surface area contributed by atoms with Crippen LogP contribution < -0.4 is 5.32 Å². The second kappa shape index (κ2) is 6.17. The molecule has 0 saturated heterocycles. The number of carbonyl (C=O) groups excluding carboxylic acids is 1. The minimum atomic E-state index is -1.08. The molecule has 0 bridgehead atoms. The van der Waals surface area contributed by atoms with Crippen LogP contribution in [0.4, 0.5) is 0 Å². The highest BCUT2D eigenvalue weighted by Gasteiger charge is 2.29. The van der Waals surface area contributed by atoms with E-state index in [0.29, 0.717) is 10.9 Å². The Morgan fingerprint density at radius 1 is 1.39 bits per heavy atom. The van der Waals surface area contributed by atoms with Gasteiger partial charge in [-0.05, 0) is 24.6 Å². The Morgan fingerprint density at radius 3 is 2.50 bits per heavy atom. The molecule has 0 aromatic heterocycles. The zero-order valence-corrected chi connectivity index (χ0v) is 11.6. The molecule has 4 N–H and O–H groups in total. The van der Waals surface area contributed by atoms with Gasteiger partial charge in [-0.3, -0.25) is 4.79 Å². The maximum absolute atomic E-state index is 12.0. The fraction of sp³-hybridized carbons (Fsp3) is 0.417. The van der Waals surface area contributed by atoms with Crippen molar-refractivity contribution in [2.75, 3.05) is 13.2 Å². The second-order valence-corrected chi connectivity index (χ2v) is 4.98. The van der Waals surface area contributed by atoms with Crippen molar-refractivity contribution in [1.29, 1.82) is 0 Å². The summed E-state index contributed by atoms with van der Waals surface area (Å²) < 4.78 is 0.653. The van der Waals surface area contributed by atoms with Gasteiger partial charge in [0.15, 0.2) is 0 Å². The van der Waals surface area contributed by atoms with Crippen molar-refractivity contribution < 1.29 is 20.1 Å². The predicted molar refractivity (Wildman–Crippen MR) is 70.5 cm³/mol. The molecule has 0 unspecified atom stereocenters. The standard InChI is InChI=1S/C12H16BrNO4/c1-2-12(6-15,7-16)14-11(18)9-5-8(13)3-4-10(9)17/h3-5,15-17H,2,6-7H2,1H3,(H,14,18). The number of hydrogen-bond donors (Lipinski definition) is 4. The Kier molecular flexibility index (Phi) is 5.13. The lowest BCUT2D eigenvalue weighted by atomic mass is 9.97. The van der Waals surface area contributed by atoms with E-state index < -0.39 is 11.4 Å². The summed E-state index contributed by atoms with van der Waals surface area (Å²) in [5.41, 5.74) is -0.990. The van der Waals surface area contributed by atoms with Crippen molar-refractivity contribution in [2.24, 2.45) is 0 Å². The Balaban J connectivity index is 2.97. The number of aliphatic hydroxyl groups excluding tert-OH is 2. The summed E-state index contributed by atoms with van der Waals surface area (Å²) in [6, 6.07) is 4.47. The van der Waals surface area contributed by atoms with Crippen LogP contribution in [0.1, 0.15) is 23.7 Å². The molecule has 0 aliphatic heterocycles. The van der Waals surface area contributed by atoms with Crippen molar-refractivity contribution in [1.82, 2.24) is 5.32 Å². The summed E-state index contributed by atoms with van der Waals surface area (Å²) in [4.78, 5) is 12.0. The lowest BCUT2D eigenvalue weighted by Gasteiger charge is -2.29. The number of rotatable bonds is 5. The van der Waals surface area contributed by atoms with Gasteiger partial charge >= 0.3 is 0 Å². The van der Waals surface area contributed by atoms with Crippen molar-refractivity contribution in [3.8, 4) is 5.75 Å². The highest BCUT2D eigenvalue weighted by atomic mass is 79.9. The van der Waals surface area contributed by atoms with Crippen LogP contribution in [0.3, 0.4) is 0 Å². The van der Waals surface area contributed by atoms with Gasteiger partial charge in [-0.2, -0.15) is 0 Å². The number of phenolic OH excluding ortho intramolecular Hbond substituents is 1. The van der Waals surface area contributed by atoms with E-state index in [4.69, 9.17) is 0 Å². The first-order valence-corrected chi connectivity index (χ1v) is 6.30. The lowest BCUT2D eigenvalue weighted by Crippen LogP contribution is -2.53. The summed E-state index contributed by atoms with van der Waals surface area (Å²) in [6.07, 6.45) is 0.376. The van der Waals surface area contributed by atoms with E-state index in [9.17, 15) is 20.1 Å². The highest BCUT2D eigenvalue weighted by molar-refractivity contribution is 9.10. The molecular weight excluding hydrogens is 302 g/mol. The number of benzene rings is 1. The Morgan fingerprint density at radius 2 is 2.00 bits per heavy atom. The van der Waals surface area contributed by atoms with Gasteiger partial charge in [-0.1, -0.05) is 22.9 Å². The van der Waals surface area contributed by atoms with Gasteiger partial charge < -0.3 is 20.6 Å².